The fourth-order valence-electron chi connectivity index (χ4n) is 3.05. The molecule has 0 aliphatic heterocycles. The summed E-state index contributed by atoms with van der Waals surface area (Å²) in [6.45, 7) is 0. The Labute approximate surface area is 161 Å². The minimum Gasteiger partial charge on any atom is -0.497 e. The molecule has 138 valence electrons. The van der Waals surface area contributed by atoms with Crippen LogP contribution in [0.1, 0.15) is 10.4 Å². The number of pyridine rings is 1. The Morgan fingerprint density at radius 2 is 1.75 bits per heavy atom. The molecule has 0 unspecified atom stereocenters. The molecule has 0 bridgehead atoms. The zero-order chi connectivity index (χ0) is 19.5. The van der Waals surface area contributed by atoms with E-state index in [-0.39, 0.29) is 5.69 Å². The van der Waals surface area contributed by atoms with Crippen LogP contribution in [0.15, 0.2) is 78.9 Å². The number of carbonyl (C=O) groups excluding carboxylic acids is 1. The van der Waals surface area contributed by atoms with Gasteiger partial charge in [-0.15, -0.1) is 0 Å². The Bertz CT molecular complexity index is 1170. The number of para-hydroxylation sites is 2. The zero-order valence-corrected chi connectivity index (χ0v) is 15.1. The van der Waals surface area contributed by atoms with E-state index in [4.69, 9.17) is 4.74 Å². The van der Waals surface area contributed by atoms with Crippen molar-refractivity contribution >= 4 is 22.5 Å². The molecule has 0 saturated heterocycles. The molecule has 0 spiro atoms. The summed E-state index contributed by atoms with van der Waals surface area (Å²) < 4.78 is 19.3. The average Bonchev–Trinajstić information content (AvgIpc) is 2.74. The smallest absolute Gasteiger partial charge is 0.256 e. The molecule has 0 saturated carbocycles. The van der Waals surface area contributed by atoms with Gasteiger partial charge in [0.15, 0.2) is 0 Å². The number of nitrogens with zero attached hydrogens (tertiary/aromatic N) is 1. The van der Waals surface area contributed by atoms with Crippen LogP contribution in [0, 0.1) is 5.82 Å². The summed E-state index contributed by atoms with van der Waals surface area (Å²) in [7, 11) is 1.60. The van der Waals surface area contributed by atoms with Gasteiger partial charge in [0.25, 0.3) is 5.91 Å². The van der Waals surface area contributed by atoms with Crippen LogP contribution in [0.5, 0.6) is 5.75 Å². The lowest BCUT2D eigenvalue weighted by atomic mass is 10.0. The van der Waals surface area contributed by atoms with Crippen molar-refractivity contribution in [2.24, 2.45) is 0 Å². The molecule has 5 heteroatoms. The van der Waals surface area contributed by atoms with Gasteiger partial charge in [0.05, 0.1) is 29.6 Å². The number of aromatic nitrogens is 1. The van der Waals surface area contributed by atoms with Crippen molar-refractivity contribution in [2.75, 3.05) is 12.4 Å². The number of halogens is 1. The van der Waals surface area contributed by atoms with E-state index >= 15 is 0 Å². The lowest BCUT2D eigenvalue weighted by Gasteiger charge is -2.11. The van der Waals surface area contributed by atoms with E-state index in [1.54, 1.807) is 25.3 Å². The molecule has 1 heterocycles. The second kappa shape index (κ2) is 7.48. The molecule has 1 aromatic heterocycles. The van der Waals surface area contributed by atoms with Crippen molar-refractivity contribution in [1.29, 1.82) is 0 Å². The van der Waals surface area contributed by atoms with Crippen molar-refractivity contribution in [3.05, 3.63) is 90.2 Å². The third-order valence-corrected chi connectivity index (χ3v) is 4.45. The zero-order valence-electron chi connectivity index (χ0n) is 15.1. The quantitative estimate of drug-likeness (QED) is 0.529. The highest BCUT2D eigenvalue weighted by Gasteiger charge is 2.15. The maximum Gasteiger partial charge on any atom is 0.256 e. The number of hydrogen-bond donors (Lipinski definition) is 1. The minimum atomic E-state index is -0.484. The predicted octanol–water partition coefficient (Wildman–Crippen LogP) is 5.30. The Morgan fingerprint density at radius 1 is 0.964 bits per heavy atom. The number of fused-ring (bicyclic) bond motifs is 1. The molecule has 28 heavy (non-hydrogen) atoms. The third kappa shape index (κ3) is 3.42. The van der Waals surface area contributed by atoms with Crippen LogP contribution < -0.4 is 10.1 Å². The lowest BCUT2D eigenvalue weighted by molar-refractivity contribution is 0.102. The number of carbonyl (C=O) groups is 1. The topological polar surface area (TPSA) is 51.2 Å². The van der Waals surface area contributed by atoms with Crippen LogP contribution in [0.2, 0.25) is 0 Å². The monoisotopic (exact) mass is 372 g/mol. The van der Waals surface area contributed by atoms with E-state index in [0.717, 1.165) is 5.56 Å². The summed E-state index contributed by atoms with van der Waals surface area (Å²) in [5.74, 6) is -0.181. The summed E-state index contributed by atoms with van der Waals surface area (Å²) in [6.07, 6.45) is 0. The number of anilines is 1. The number of ether oxygens (including phenoxy) is 1. The molecule has 4 rings (SSSR count). The first-order chi connectivity index (χ1) is 13.7. The second-order valence-corrected chi connectivity index (χ2v) is 6.24. The largest absolute Gasteiger partial charge is 0.497 e. The first-order valence-electron chi connectivity index (χ1n) is 8.76. The fraction of sp³-hybridized carbons (Fsp3) is 0.0435. The summed E-state index contributed by atoms with van der Waals surface area (Å²) >= 11 is 0. The lowest BCUT2D eigenvalue weighted by Crippen LogP contribution is -2.14. The van der Waals surface area contributed by atoms with E-state index in [0.29, 0.717) is 27.9 Å². The molecule has 0 aliphatic rings. The van der Waals surface area contributed by atoms with Crippen LogP contribution in [-0.2, 0) is 0 Å². The van der Waals surface area contributed by atoms with Gasteiger partial charge in [-0.1, -0.05) is 42.5 Å². The normalized spacial score (nSPS) is 10.6. The highest BCUT2D eigenvalue weighted by Crippen LogP contribution is 2.28. The van der Waals surface area contributed by atoms with Crippen LogP contribution in [0.25, 0.3) is 22.2 Å². The van der Waals surface area contributed by atoms with Crippen molar-refractivity contribution in [2.45, 2.75) is 0 Å². The standard InChI is InChI=1S/C23H17FN2O2/c1-28-16-8-6-7-15(13-16)22-14-18(17-9-2-4-11-20(17)25-22)23(27)26-21-12-5-3-10-19(21)24/h2-14H,1H3,(H,26,27). The molecular weight excluding hydrogens is 355 g/mol. The van der Waals surface area contributed by atoms with Crippen molar-refractivity contribution < 1.29 is 13.9 Å². The maximum absolute atomic E-state index is 14.0. The van der Waals surface area contributed by atoms with Gasteiger partial charge in [-0.3, -0.25) is 4.79 Å². The third-order valence-electron chi connectivity index (χ3n) is 4.45. The van der Waals surface area contributed by atoms with E-state index < -0.39 is 11.7 Å². The summed E-state index contributed by atoms with van der Waals surface area (Å²) in [5, 5.41) is 3.35. The highest BCUT2D eigenvalue weighted by atomic mass is 19.1. The fourth-order valence-corrected chi connectivity index (χ4v) is 3.05. The molecule has 0 atom stereocenters. The van der Waals surface area contributed by atoms with Gasteiger partial charge < -0.3 is 10.1 Å². The Kier molecular flexibility index (Phi) is 4.72. The van der Waals surface area contributed by atoms with Crippen LogP contribution in [0.3, 0.4) is 0 Å². The number of hydrogen-bond acceptors (Lipinski definition) is 3. The summed E-state index contributed by atoms with van der Waals surface area (Å²) in [4.78, 5) is 17.6. The molecule has 1 N–H and O–H groups in total. The number of nitrogens with one attached hydrogen (secondary N) is 1. The van der Waals surface area contributed by atoms with Gasteiger partial charge >= 0.3 is 0 Å². The highest BCUT2D eigenvalue weighted by molar-refractivity contribution is 6.13. The number of amides is 1. The summed E-state index contributed by atoms with van der Waals surface area (Å²) in [6, 6.07) is 22.6. The molecule has 3 aromatic carbocycles. The number of rotatable bonds is 4. The van der Waals surface area contributed by atoms with Crippen molar-refractivity contribution in [3.63, 3.8) is 0 Å². The van der Waals surface area contributed by atoms with Crippen LogP contribution >= 0.6 is 0 Å². The number of methoxy groups -OCH3 is 1. The minimum absolute atomic E-state index is 0.135. The molecule has 0 fully saturated rings. The predicted molar refractivity (Wildman–Crippen MR) is 108 cm³/mol. The van der Waals surface area contributed by atoms with Gasteiger partial charge in [0, 0.05) is 10.9 Å². The van der Waals surface area contributed by atoms with Crippen molar-refractivity contribution in [1.82, 2.24) is 4.98 Å². The molecular formula is C23H17FN2O2. The summed E-state index contributed by atoms with van der Waals surface area (Å²) in [5.41, 5.74) is 2.70. The molecule has 0 aliphatic carbocycles. The van der Waals surface area contributed by atoms with Gasteiger partial charge in [-0.05, 0) is 36.4 Å². The first kappa shape index (κ1) is 17.7. The SMILES string of the molecule is COc1cccc(-c2cc(C(=O)Nc3ccccc3F)c3ccccc3n2)c1. The molecule has 1 amide bonds. The van der Waals surface area contributed by atoms with Crippen LogP contribution in [-0.4, -0.2) is 18.0 Å². The second-order valence-electron chi connectivity index (χ2n) is 6.24. The van der Waals surface area contributed by atoms with E-state index in [1.807, 2.05) is 48.5 Å². The number of benzene rings is 3. The average molecular weight is 372 g/mol. The first-order valence-corrected chi connectivity index (χ1v) is 8.76. The molecule has 0 radical (unpaired) electrons. The van der Waals surface area contributed by atoms with Gasteiger partial charge in [0.2, 0.25) is 0 Å². The maximum atomic E-state index is 14.0. The van der Waals surface area contributed by atoms with Gasteiger partial charge in [-0.2, -0.15) is 0 Å². The van der Waals surface area contributed by atoms with E-state index in [2.05, 4.69) is 10.3 Å². The molecule has 4 nitrogen and oxygen atoms in total. The van der Waals surface area contributed by atoms with Gasteiger partial charge in [-0.25, -0.2) is 9.37 Å². The Morgan fingerprint density at radius 3 is 2.57 bits per heavy atom. The van der Waals surface area contributed by atoms with E-state index in [1.165, 1.54) is 12.1 Å². The Balaban J connectivity index is 1.82. The van der Waals surface area contributed by atoms with Gasteiger partial charge in [0.1, 0.15) is 11.6 Å². The molecule has 4 aromatic rings. The van der Waals surface area contributed by atoms with Crippen molar-refractivity contribution in [3.8, 4) is 17.0 Å². The van der Waals surface area contributed by atoms with E-state index in [9.17, 15) is 9.18 Å². The Hall–Kier alpha value is -3.73. The van der Waals surface area contributed by atoms with Crippen LogP contribution in [0.4, 0.5) is 10.1 Å².